The third-order valence-electron chi connectivity index (χ3n) is 3.21. The van der Waals surface area contributed by atoms with Crippen molar-refractivity contribution in [1.29, 1.82) is 0 Å². The molecule has 0 aliphatic rings. The lowest BCUT2D eigenvalue weighted by molar-refractivity contribution is -0.384. The van der Waals surface area contributed by atoms with Crippen LogP contribution in [0.2, 0.25) is 0 Å². The van der Waals surface area contributed by atoms with Crippen molar-refractivity contribution in [2.45, 2.75) is 0 Å². The fraction of sp³-hybridized carbons (Fsp3) is 0.0625. The van der Waals surface area contributed by atoms with Gasteiger partial charge in [0.1, 0.15) is 10.8 Å². The lowest BCUT2D eigenvalue weighted by Crippen LogP contribution is -1.88. The van der Waals surface area contributed by atoms with E-state index in [-0.39, 0.29) is 5.69 Å². The summed E-state index contributed by atoms with van der Waals surface area (Å²) in [5.41, 5.74) is 2.69. The Morgan fingerprint density at radius 3 is 2.55 bits per heavy atom. The molecule has 0 saturated heterocycles. The van der Waals surface area contributed by atoms with E-state index >= 15 is 0 Å². The zero-order valence-corrected chi connectivity index (χ0v) is 12.5. The van der Waals surface area contributed by atoms with Crippen LogP contribution in [-0.4, -0.2) is 17.0 Å². The monoisotopic (exact) mass is 312 g/mol. The summed E-state index contributed by atoms with van der Waals surface area (Å²) in [6, 6.07) is 14.1. The third kappa shape index (κ3) is 2.68. The number of methoxy groups -OCH3 is 1. The average Bonchev–Trinajstić information content (AvgIpc) is 3.04. The van der Waals surface area contributed by atoms with Crippen molar-refractivity contribution >= 4 is 17.0 Å². The van der Waals surface area contributed by atoms with E-state index in [9.17, 15) is 10.1 Å². The standard InChI is InChI=1S/C16H12N2O3S/c1-21-15-5-3-2-4-13(15)14-10-22-16(17-14)11-6-8-12(9-7-11)18(19)20/h2-10H,1H3. The maximum Gasteiger partial charge on any atom is 0.269 e. The van der Waals surface area contributed by atoms with Crippen LogP contribution < -0.4 is 4.74 Å². The van der Waals surface area contributed by atoms with E-state index in [2.05, 4.69) is 4.98 Å². The van der Waals surface area contributed by atoms with Gasteiger partial charge < -0.3 is 4.74 Å². The van der Waals surface area contributed by atoms with Crippen LogP contribution in [0.25, 0.3) is 21.8 Å². The zero-order chi connectivity index (χ0) is 15.5. The molecule has 1 heterocycles. The van der Waals surface area contributed by atoms with Crippen LogP contribution in [0.5, 0.6) is 5.75 Å². The number of nitro benzene ring substituents is 1. The van der Waals surface area contributed by atoms with Gasteiger partial charge in [-0.25, -0.2) is 4.98 Å². The summed E-state index contributed by atoms with van der Waals surface area (Å²) in [7, 11) is 1.63. The summed E-state index contributed by atoms with van der Waals surface area (Å²) in [6.07, 6.45) is 0. The summed E-state index contributed by atoms with van der Waals surface area (Å²) < 4.78 is 5.35. The van der Waals surface area contributed by atoms with Gasteiger partial charge in [-0.3, -0.25) is 10.1 Å². The summed E-state index contributed by atoms with van der Waals surface area (Å²) in [5.74, 6) is 0.767. The van der Waals surface area contributed by atoms with Crippen molar-refractivity contribution in [2.75, 3.05) is 7.11 Å². The molecule has 0 aliphatic carbocycles. The molecule has 5 nitrogen and oxygen atoms in total. The molecule has 1 aromatic heterocycles. The van der Waals surface area contributed by atoms with Gasteiger partial charge in [0.2, 0.25) is 0 Å². The molecule has 0 saturated carbocycles. The van der Waals surface area contributed by atoms with Crippen LogP contribution in [0.1, 0.15) is 0 Å². The van der Waals surface area contributed by atoms with Gasteiger partial charge in [-0.1, -0.05) is 12.1 Å². The highest BCUT2D eigenvalue weighted by Gasteiger charge is 2.11. The topological polar surface area (TPSA) is 65.3 Å². The first-order valence-electron chi connectivity index (χ1n) is 6.53. The number of ether oxygens (including phenoxy) is 1. The number of benzene rings is 2. The van der Waals surface area contributed by atoms with Crippen LogP contribution in [0.15, 0.2) is 53.9 Å². The van der Waals surface area contributed by atoms with Crippen molar-refractivity contribution in [3.63, 3.8) is 0 Å². The summed E-state index contributed by atoms with van der Waals surface area (Å²) >= 11 is 1.49. The van der Waals surface area contributed by atoms with Crippen molar-refractivity contribution in [1.82, 2.24) is 4.98 Å². The second kappa shape index (κ2) is 5.95. The van der Waals surface area contributed by atoms with Gasteiger partial charge in [0, 0.05) is 28.6 Å². The van der Waals surface area contributed by atoms with Crippen molar-refractivity contribution < 1.29 is 9.66 Å². The maximum absolute atomic E-state index is 10.7. The Morgan fingerprint density at radius 1 is 1.14 bits per heavy atom. The normalized spacial score (nSPS) is 10.4. The highest BCUT2D eigenvalue weighted by atomic mass is 32.1. The fourth-order valence-corrected chi connectivity index (χ4v) is 2.94. The molecule has 0 fully saturated rings. The van der Waals surface area contributed by atoms with E-state index in [4.69, 9.17) is 4.74 Å². The smallest absolute Gasteiger partial charge is 0.269 e. The number of nitrogens with zero attached hydrogens (tertiary/aromatic N) is 2. The Hall–Kier alpha value is -2.73. The number of thiazole rings is 1. The molecule has 0 unspecified atom stereocenters. The number of aromatic nitrogens is 1. The van der Waals surface area contributed by atoms with Gasteiger partial charge >= 0.3 is 0 Å². The van der Waals surface area contributed by atoms with E-state index in [0.29, 0.717) is 0 Å². The molecule has 2 aromatic carbocycles. The lowest BCUT2D eigenvalue weighted by Gasteiger charge is -2.04. The predicted molar refractivity (Wildman–Crippen MR) is 86.2 cm³/mol. The van der Waals surface area contributed by atoms with E-state index in [0.717, 1.165) is 27.6 Å². The van der Waals surface area contributed by atoms with Crippen LogP contribution in [0.3, 0.4) is 0 Å². The van der Waals surface area contributed by atoms with E-state index in [1.807, 2.05) is 29.6 Å². The van der Waals surface area contributed by atoms with E-state index in [1.165, 1.54) is 23.5 Å². The Morgan fingerprint density at radius 2 is 1.86 bits per heavy atom. The molecule has 0 amide bonds. The molecule has 0 bridgehead atoms. The van der Waals surface area contributed by atoms with Crippen LogP contribution in [0.4, 0.5) is 5.69 Å². The van der Waals surface area contributed by atoms with E-state index < -0.39 is 4.92 Å². The highest BCUT2D eigenvalue weighted by Crippen LogP contribution is 2.34. The third-order valence-corrected chi connectivity index (χ3v) is 4.10. The number of rotatable bonds is 4. The molecule has 22 heavy (non-hydrogen) atoms. The molecule has 0 radical (unpaired) electrons. The average molecular weight is 312 g/mol. The minimum atomic E-state index is -0.411. The first-order valence-corrected chi connectivity index (χ1v) is 7.41. The molecule has 0 atom stereocenters. The summed E-state index contributed by atoms with van der Waals surface area (Å²) in [4.78, 5) is 14.9. The molecule has 6 heteroatoms. The lowest BCUT2D eigenvalue weighted by atomic mass is 10.1. The summed E-state index contributed by atoms with van der Waals surface area (Å²) in [5, 5.41) is 13.5. The number of nitro groups is 1. The Labute approximate surface area is 131 Å². The van der Waals surface area contributed by atoms with Gasteiger partial charge in [-0.2, -0.15) is 0 Å². The molecule has 0 spiro atoms. The summed E-state index contributed by atoms with van der Waals surface area (Å²) in [6.45, 7) is 0. The first kappa shape index (κ1) is 14.2. The first-order chi connectivity index (χ1) is 10.7. The Balaban J connectivity index is 1.95. The molecule has 0 aliphatic heterocycles. The quantitative estimate of drug-likeness (QED) is 0.529. The minimum absolute atomic E-state index is 0.0743. The fourth-order valence-electron chi connectivity index (χ4n) is 2.11. The number of hydrogen-bond acceptors (Lipinski definition) is 5. The Kier molecular flexibility index (Phi) is 3.84. The number of non-ortho nitro benzene ring substituents is 1. The number of hydrogen-bond donors (Lipinski definition) is 0. The largest absolute Gasteiger partial charge is 0.496 e. The van der Waals surface area contributed by atoms with Gasteiger partial charge in [-0.05, 0) is 24.3 Å². The van der Waals surface area contributed by atoms with Crippen LogP contribution in [0, 0.1) is 10.1 Å². The molecular weight excluding hydrogens is 300 g/mol. The van der Waals surface area contributed by atoms with E-state index in [1.54, 1.807) is 19.2 Å². The van der Waals surface area contributed by atoms with Crippen LogP contribution in [-0.2, 0) is 0 Å². The molecule has 3 rings (SSSR count). The van der Waals surface area contributed by atoms with Gasteiger partial charge in [0.05, 0.1) is 17.7 Å². The van der Waals surface area contributed by atoms with Crippen molar-refractivity contribution in [2.24, 2.45) is 0 Å². The van der Waals surface area contributed by atoms with Gasteiger partial charge in [0.15, 0.2) is 0 Å². The molecule has 3 aromatic rings. The second-order valence-corrected chi connectivity index (χ2v) is 5.40. The van der Waals surface area contributed by atoms with Crippen molar-refractivity contribution in [3.8, 4) is 27.6 Å². The highest BCUT2D eigenvalue weighted by molar-refractivity contribution is 7.13. The van der Waals surface area contributed by atoms with Gasteiger partial charge in [-0.15, -0.1) is 11.3 Å². The van der Waals surface area contributed by atoms with Crippen molar-refractivity contribution in [3.05, 3.63) is 64.0 Å². The maximum atomic E-state index is 10.7. The second-order valence-electron chi connectivity index (χ2n) is 4.54. The zero-order valence-electron chi connectivity index (χ0n) is 11.7. The predicted octanol–water partition coefficient (Wildman–Crippen LogP) is 4.39. The SMILES string of the molecule is COc1ccccc1-c1csc(-c2ccc([N+](=O)[O-])cc2)n1. The van der Waals surface area contributed by atoms with Crippen LogP contribution >= 0.6 is 11.3 Å². The Bertz CT molecular complexity index is 812. The molecule has 0 N–H and O–H groups in total. The molecular formula is C16H12N2O3S. The minimum Gasteiger partial charge on any atom is -0.496 e. The van der Waals surface area contributed by atoms with Gasteiger partial charge in [0.25, 0.3) is 5.69 Å². The molecule has 110 valence electrons. The number of para-hydroxylation sites is 1.